The Morgan fingerprint density at radius 1 is 1.38 bits per heavy atom. The van der Waals surface area contributed by atoms with Gasteiger partial charge in [0.15, 0.2) is 0 Å². The van der Waals surface area contributed by atoms with Crippen molar-refractivity contribution in [1.82, 2.24) is 5.32 Å². The molecule has 0 amide bonds. The van der Waals surface area contributed by atoms with Crippen LogP contribution in [0.2, 0.25) is 0 Å². The fraction of sp³-hybridized carbons (Fsp3) is 0.538. The zero-order valence-electron chi connectivity index (χ0n) is 9.63. The lowest BCUT2D eigenvalue weighted by Crippen LogP contribution is -2.44. The zero-order valence-corrected chi connectivity index (χ0v) is 11.2. The molecule has 2 nitrogen and oxygen atoms in total. The van der Waals surface area contributed by atoms with Crippen LogP contribution in [0, 0.1) is 0 Å². The van der Waals surface area contributed by atoms with E-state index in [-0.39, 0.29) is 5.60 Å². The van der Waals surface area contributed by atoms with E-state index >= 15 is 0 Å². The van der Waals surface area contributed by atoms with E-state index in [0.717, 1.165) is 36.8 Å². The molecule has 0 spiro atoms. The van der Waals surface area contributed by atoms with Gasteiger partial charge in [0.05, 0.1) is 5.60 Å². The van der Waals surface area contributed by atoms with Gasteiger partial charge in [0.1, 0.15) is 0 Å². The summed E-state index contributed by atoms with van der Waals surface area (Å²) in [5.74, 6) is 0. The van der Waals surface area contributed by atoms with Crippen molar-refractivity contribution in [2.24, 2.45) is 0 Å². The minimum atomic E-state index is 0.0338. The maximum absolute atomic E-state index is 5.77. The summed E-state index contributed by atoms with van der Waals surface area (Å²) in [6.45, 7) is 2.11. The third kappa shape index (κ3) is 2.84. The summed E-state index contributed by atoms with van der Waals surface area (Å²) < 4.78 is 6.91. The largest absolute Gasteiger partial charge is 0.378 e. The SMILES string of the molecule is COC1(Cc2cccc(Br)c2)CCNCC1. The van der Waals surface area contributed by atoms with Crippen LogP contribution in [0.3, 0.4) is 0 Å². The quantitative estimate of drug-likeness (QED) is 0.921. The molecule has 1 aliphatic heterocycles. The standard InChI is InChI=1S/C13H18BrNO/c1-16-13(5-7-15-8-6-13)10-11-3-2-4-12(14)9-11/h2-4,9,15H,5-8,10H2,1H3. The van der Waals surface area contributed by atoms with Crippen molar-refractivity contribution in [3.8, 4) is 0 Å². The first-order chi connectivity index (χ1) is 7.74. The Labute approximate surface area is 106 Å². The van der Waals surface area contributed by atoms with Gasteiger partial charge in [-0.2, -0.15) is 0 Å². The molecule has 88 valence electrons. The monoisotopic (exact) mass is 283 g/mol. The number of benzene rings is 1. The smallest absolute Gasteiger partial charge is 0.0743 e. The lowest BCUT2D eigenvalue weighted by molar-refractivity contribution is -0.0333. The van der Waals surface area contributed by atoms with E-state index in [1.54, 1.807) is 0 Å². The van der Waals surface area contributed by atoms with Crippen LogP contribution in [0.4, 0.5) is 0 Å². The van der Waals surface area contributed by atoms with Crippen molar-refractivity contribution in [3.63, 3.8) is 0 Å². The average molecular weight is 284 g/mol. The molecule has 0 bridgehead atoms. The summed E-state index contributed by atoms with van der Waals surface area (Å²) in [6.07, 6.45) is 3.19. The van der Waals surface area contributed by atoms with E-state index < -0.39 is 0 Å². The van der Waals surface area contributed by atoms with Gasteiger partial charge in [-0.05, 0) is 43.6 Å². The summed E-state index contributed by atoms with van der Waals surface area (Å²) in [6, 6.07) is 8.51. The number of rotatable bonds is 3. The fourth-order valence-electron chi connectivity index (χ4n) is 2.35. The summed E-state index contributed by atoms with van der Waals surface area (Å²) in [7, 11) is 1.84. The molecule has 1 aliphatic rings. The van der Waals surface area contributed by atoms with E-state index in [9.17, 15) is 0 Å². The molecular weight excluding hydrogens is 266 g/mol. The molecule has 0 aliphatic carbocycles. The molecule has 1 saturated heterocycles. The molecule has 1 N–H and O–H groups in total. The van der Waals surface area contributed by atoms with Gasteiger partial charge in [0, 0.05) is 18.0 Å². The maximum Gasteiger partial charge on any atom is 0.0743 e. The molecule has 1 fully saturated rings. The van der Waals surface area contributed by atoms with Crippen molar-refractivity contribution in [3.05, 3.63) is 34.3 Å². The highest BCUT2D eigenvalue weighted by Gasteiger charge is 2.31. The number of piperidine rings is 1. The second-order valence-electron chi connectivity index (χ2n) is 4.44. The van der Waals surface area contributed by atoms with Gasteiger partial charge in [-0.25, -0.2) is 0 Å². The van der Waals surface area contributed by atoms with Crippen LogP contribution in [-0.2, 0) is 11.2 Å². The summed E-state index contributed by atoms with van der Waals surface area (Å²) >= 11 is 3.51. The summed E-state index contributed by atoms with van der Waals surface area (Å²) in [4.78, 5) is 0. The van der Waals surface area contributed by atoms with Crippen LogP contribution in [-0.4, -0.2) is 25.8 Å². The molecule has 1 aromatic carbocycles. The third-order valence-corrected chi connectivity index (χ3v) is 3.86. The highest BCUT2D eigenvalue weighted by molar-refractivity contribution is 9.10. The van der Waals surface area contributed by atoms with E-state index in [4.69, 9.17) is 4.74 Å². The first-order valence-corrected chi connectivity index (χ1v) is 6.54. The predicted molar refractivity (Wildman–Crippen MR) is 69.7 cm³/mol. The average Bonchev–Trinajstić information content (AvgIpc) is 2.30. The van der Waals surface area contributed by atoms with Crippen molar-refractivity contribution in [1.29, 1.82) is 0 Å². The Morgan fingerprint density at radius 3 is 2.75 bits per heavy atom. The molecule has 0 aromatic heterocycles. The maximum atomic E-state index is 5.77. The number of halogens is 1. The Balaban J connectivity index is 2.11. The minimum Gasteiger partial charge on any atom is -0.378 e. The minimum absolute atomic E-state index is 0.0338. The molecule has 3 heteroatoms. The van der Waals surface area contributed by atoms with Crippen molar-refractivity contribution < 1.29 is 4.74 Å². The zero-order chi connectivity index (χ0) is 11.4. The Morgan fingerprint density at radius 2 is 2.12 bits per heavy atom. The molecule has 0 radical (unpaired) electrons. The van der Waals surface area contributed by atoms with Crippen molar-refractivity contribution >= 4 is 15.9 Å². The number of hydrogen-bond donors (Lipinski definition) is 1. The fourth-order valence-corrected chi connectivity index (χ4v) is 2.80. The Bertz CT molecular complexity index is 348. The highest BCUT2D eigenvalue weighted by atomic mass is 79.9. The summed E-state index contributed by atoms with van der Waals surface area (Å²) in [5.41, 5.74) is 1.38. The number of ether oxygens (including phenoxy) is 1. The summed E-state index contributed by atoms with van der Waals surface area (Å²) in [5, 5.41) is 3.38. The van der Waals surface area contributed by atoms with Crippen LogP contribution >= 0.6 is 15.9 Å². The number of methoxy groups -OCH3 is 1. The second kappa shape index (κ2) is 5.30. The lowest BCUT2D eigenvalue weighted by atomic mass is 9.86. The highest BCUT2D eigenvalue weighted by Crippen LogP contribution is 2.27. The molecule has 0 unspecified atom stereocenters. The van der Waals surface area contributed by atoms with Crippen molar-refractivity contribution in [2.75, 3.05) is 20.2 Å². The molecule has 1 heterocycles. The Hall–Kier alpha value is -0.380. The van der Waals surface area contributed by atoms with E-state index in [1.165, 1.54) is 5.56 Å². The van der Waals surface area contributed by atoms with Gasteiger partial charge in [-0.1, -0.05) is 28.1 Å². The van der Waals surface area contributed by atoms with Crippen LogP contribution < -0.4 is 5.32 Å². The van der Waals surface area contributed by atoms with Gasteiger partial charge in [0.25, 0.3) is 0 Å². The van der Waals surface area contributed by atoms with E-state index in [1.807, 2.05) is 7.11 Å². The van der Waals surface area contributed by atoms with Crippen LogP contribution in [0.1, 0.15) is 18.4 Å². The molecular formula is C13H18BrNO. The van der Waals surface area contributed by atoms with Crippen LogP contribution in [0.15, 0.2) is 28.7 Å². The lowest BCUT2D eigenvalue weighted by Gasteiger charge is -2.36. The van der Waals surface area contributed by atoms with Gasteiger partial charge < -0.3 is 10.1 Å². The van der Waals surface area contributed by atoms with Crippen LogP contribution in [0.5, 0.6) is 0 Å². The Kier molecular flexibility index (Phi) is 4.00. The van der Waals surface area contributed by atoms with Gasteiger partial charge in [-0.15, -0.1) is 0 Å². The normalized spacial score (nSPS) is 19.6. The molecule has 16 heavy (non-hydrogen) atoms. The molecule has 0 saturated carbocycles. The van der Waals surface area contributed by atoms with E-state index in [2.05, 4.69) is 45.5 Å². The first-order valence-electron chi connectivity index (χ1n) is 5.74. The van der Waals surface area contributed by atoms with Crippen LogP contribution in [0.25, 0.3) is 0 Å². The number of hydrogen-bond acceptors (Lipinski definition) is 2. The van der Waals surface area contributed by atoms with Gasteiger partial charge in [0.2, 0.25) is 0 Å². The molecule has 1 aromatic rings. The number of nitrogens with one attached hydrogen (secondary N) is 1. The first kappa shape index (κ1) is 12.1. The second-order valence-corrected chi connectivity index (χ2v) is 5.36. The topological polar surface area (TPSA) is 21.3 Å². The van der Waals surface area contributed by atoms with Gasteiger partial charge in [-0.3, -0.25) is 0 Å². The van der Waals surface area contributed by atoms with Gasteiger partial charge >= 0.3 is 0 Å². The van der Waals surface area contributed by atoms with Crippen molar-refractivity contribution in [2.45, 2.75) is 24.9 Å². The van der Waals surface area contributed by atoms with E-state index in [0.29, 0.717) is 0 Å². The third-order valence-electron chi connectivity index (χ3n) is 3.36. The molecule has 0 atom stereocenters. The molecule has 2 rings (SSSR count). The predicted octanol–water partition coefficient (Wildman–Crippen LogP) is 2.76.